The van der Waals surface area contributed by atoms with Crippen molar-refractivity contribution >= 4 is 11.8 Å². The van der Waals surface area contributed by atoms with Gasteiger partial charge in [-0.25, -0.2) is 0 Å². The number of imide groups is 1. The minimum atomic E-state index is -0.104. The number of hydrogen-bond acceptors (Lipinski definition) is 4. The SMILES string of the molecule is CC1=C[C@@H]2C[C@H]1[C@@H]1C(=O)N(CN3CCN(C(c4ccccc4)c4ccccc4)CC3)C(=O)[C@H]12. The summed E-state index contributed by atoms with van der Waals surface area (Å²) in [6.45, 7) is 6.08. The van der Waals surface area contributed by atoms with Gasteiger partial charge in [0.2, 0.25) is 11.8 Å². The van der Waals surface area contributed by atoms with Crippen molar-refractivity contribution in [2.45, 2.75) is 19.4 Å². The van der Waals surface area contributed by atoms with Crippen molar-refractivity contribution in [1.29, 1.82) is 0 Å². The first-order chi connectivity index (χ1) is 16.1. The molecule has 170 valence electrons. The smallest absolute Gasteiger partial charge is 0.234 e. The highest BCUT2D eigenvalue weighted by Crippen LogP contribution is 2.55. The third-order valence-corrected chi connectivity index (χ3v) is 8.32. The van der Waals surface area contributed by atoms with Crippen molar-refractivity contribution in [1.82, 2.24) is 14.7 Å². The van der Waals surface area contributed by atoms with Crippen LogP contribution in [0.1, 0.15) is 30.5 Å². The molecule has 4 aliphatic rings. The molecule has 0 spiro atoms. The van der Waals surface area contributed by atoms with Gasteiger partial charge in [-0.3, -0.25) is 24.3 Å². The van der Waals surface area contributed by atoms with E-state index in [9.17, 15) is 9.59 Å². The second kappa shape index (κ2) is 8.23. The number of nitrogens with zero attached hydrogens (tertiary/aromatic N) is 3. The van der Waals surface area contributed by atoms with Crippen LogP contribution >= 0.6 is 0 Å². The second-order valence-electron chi connectivity index (χ2n) is 10.1. The Morgan fingerprint density at radius 3 is 2.00 bits per heavy atom. The number of amides is 2. The molecule has 2 saturated heterocycles. The van der Waals surface area contributed by atoms with Gasteiger partial charge in [0.1, 0.15) is 0 Å². The Bertz CT molecular complexity index is 1040. The zero-order valence-electron chi connectivity index (χ0n) is 19.1. The Balaban J connectivity index is 1.14. The molecule has 2 aromatic carbocycles. The van der Waals surface area contributed by atoms with E-state index in [1.165, 1.54) is 16.7 Å². The highest BCUT2D eigenvalue weighted by Gasteiger charge is 2.60. The van der Waals surface area contributed by atoms with Gasteiger partial charge < -0.3 is 0 Å². The lowest BCUT2D eigenvalue weighted by molar-refractivity contribution is -0.143. The lowest BCUT2D eigenvalue weighted by atomic mass is 9.82. The predicted molar refractivity (Wildman–Crippen MR) is 127 cm³/mol. The Kier molecular flexibility index (Phi) is 5.19. The summed E-state index contributed by atoms with van der Waals surface area (Å²) in [4.78, 5) is 32.7. The van der Waals surface area contributed by atoms with Crippen LogP contribution in [0.2, 0.25) is 0 Å². The maximum atomic E-state index is 13.2. The van der Waals surface area contributed by atoms with Crippen molar-refractivity contribution in [2.75, 3.05) is 32.8 Å². The number of piperazine rings is 1. The lowest BCUT2D eigenvalue weighted by Crippen LogP contribution is -2.52. The summed E-state index contributed by atoms with van der Waals surface area (Å²) in [5.41, 5.74) is 3.91. The third kappa shape index (κ3) is 3.46. The van der Waals surface area contributed by atoms with Crippen molar-refractivity contribution in [3.05, 3.63) is 83.4 Å². The monoisotopic (exact) mass is 441 g/mol. The number of rotatable bonds is 5. The van der Waals surface area contributed by atoms with E-state index in [4.69, 9.17) is 0 Å². The molecule has 0 aromatic heterocycles. The summed E-state index contributed by atoms with van der Waals surface area (Å²) in [6.07, 6.45) is 3.23. The normalized spacial score (nSPS) is 29.8. The van der Waals surface area contributed by atoms with Gasteiger partial charge in [-0.2, -0.15) is 0 Å². The van der Waals surface area contributed by atoms with Crippen LogP contribution in [0.15, 0.2) is 72.3 Å². The molecule has 1 saturated carbocycles. The predicted octanol–water partition coefficient (Wildman–Crippen LogP) is 3.55. The van der Waals surface area contributed by atoms with E-state index in [0.29, 0.717) is 6.67 Å². The fraction of sp³-hybridized carbons (Fsp3) is 0.429. The Hall–Kier alpha value is -2.76. The molecule has 33 heavy (non-hydrogen) atoms. The largest absolute Gasteiger partial charge is 0.290 e. The molecule has 2 heterocycles. The molecule has 6 rings (SSSR count). The van der Waals surface area contributed by atoms with E-state index in [-0.39, 0.29) is 41.5 Å². The van der Waals surface area contributed by atoms with Gasteiger partial charge in [0.25, 0.3) is 0 Å². The topological polar surface area (TPSA) is 43.9 Å². The van der Waals surface area contributed by atoms with Crippen molar-refractivity contribution in [3.63, 3.8) is 0 Å². The maximum absolute atomic E-state index is 13.2. The Morgan fingerprint density at radius 2 is 1.39 bits per heavy atom. The van der Waals surface area contributed by atoms with E-state index < -0.39 is 0 Å². The Labute approximate surface area is 195 Å². The number of allylic oxidation sites excluding steroid dienone is 2. The first kappa shape index (κ1) is 20.8. The van der Waals surface area contributed by atoms with Crippen LogP contribution in [-0.2, 0) is 9.59 Å². The first-order valence-electron chi connectivity index (χ1n) is 12.2. The number of fused-ring (bicyclic) bond motifs is 5. The van der Waals surface area contributed by atoms with Gasteiger partial charge in [0.15, 0.2) is 0 Å². The molecule has 0 radical (unpaired) electrons. The zero-order chi connectivity index (χ0) is 22.5. The molecule has 2 amide bonds. The van der Waals surface area contributed by atoms with Crippen LogP contribution in [0.5, 0.6) is 0 Å². The van der Waals surface area contributed by atoms with E-state index in [2.05, 4.69) is 83.5 Å². The minimum Gasteiger partial charge on any atom is -0.290 e. The van der Waals surface area contributed by atoms with E-state index in [1.54, 1.807) is 4.90 Å². The van der Waals surface area contributed by atoms with E-state index >= 15 is 0 Å². The standard InChI is InChI=1S/C28H31N3O2/c1-19-16-22-17-23(19)25-24(22)27(32)31(28(25)33)18-29-12-14-30(15-13-29)26(20-8-4-2-5-9-20)21-10-6-3-7-11-21/h2-11,16,22-26H,12-15,17-18H2,1H3/t22-,23-,24+,25+/m1/s1. The molecular weight excluding hydrogens is 410 g/mol. The molecule has 4 atom stereocenters. The van der Waals surface area contributed by atoms with Gasteiger partial charge in [-0.1, -0.05) is 72.3 Å². The number of likely N-dealkylation sites (tertiary alicyclic amines) is 1. The maximum Gasteiger partial charge on any atom is 0.234 e. The van der Waals surface area contributed by atoms with Gasteiger partial charge in [0, 0.05) is 26.2 Å². The summed E-state index contributed by atoms with van der Waals surface area (Å²) in [6, 6.07) is 21.6. The van der Waals surface area contributed by atoms with Crippen LogP contribution in [0.3, 0.4) is 0 Å². The van der Waals surface area contributed by atoms with Gasteiger partial charge >= 0.3 is 0 Å². The summed E-state index contributed by atoms with van der Waals surface area (Å²) in [5.74, 6) is 0.489. The minimum absolute atomic E-state index is 0.0649. The molecule has 2 aliphatic heterocycles. The van der Waals surface area contributed by atoms with Crippen molar-refractivity contribution in [3.8, 4) is 0 Å². The van der Waals surface area contributed by atoms with E-state index in [1.807, 2.05) is 0 Å². The molecule has 2 aromatic rings. The number of carbonyl (C=O) groups excluding carboxylic acids is 2. The highest BCUT2D eigenvalue weighted by molar-refractivity contribution is 6.06. The van der Waals surface area contributed by atoms with Crippen LogP contribution in [0.25, 0.3) is 0 Å². The average Bonchev–Trinajstić information content (AvgIpc) is 3.48. The fourth-order valence-corrected chi connectivity index (χ4v) is 6.72. The molecule has 0 N–H and O–H groups in total. The van der Waals surface area contributed by atoms with Crippen molar-refractivity contribution in [2.24, 2.45) is 23.7 Å². The molecule has 5 heteroatoms. The number of carbonyl (C=O) groups is 2. The number of benzene rings is 2. The summed E-state index contributed by atoms with van der Waals surface area (Å²) in [5, 5.41) is 0. The van der Waals surface area contributed by atoms with E-state index in [0.717, 1.165) is 32.6 Å². The molecular formula is C28H31N3O2. The van der Waals surface area contributed by atoms with Crippen LogP contribution < -0.4 is 0 Å². The summed E-state index contributed by atoms with van der Waals surface area (Å²) >= 11 is 0. The summed E-state index contributed by atoms with van der Waals surface area (Å²) in [7, 11) is 0. The quantitative estimate of drug-likeness (QED) is 0.526. The zero-order valence-corrected chi connectivity index (χ0v) is 19.1. The van der Waals surface area contributed by atoms with Crippen LogP contribution in [0.4, 0.5) is 0 Å². The molecule has 0 unspecified atom stereocenters. The average molecular weight is 442 g/mol. The lowest BCUT2D eigenvalue weighted by Gasteiger charge is -2.40. The molecule has 2 aliphatic carbocycles. The summed E-state index contributed by atoms with van der Waals surface area (Å²) < 4.78 is 0. The highest BCUT2D eigenvalue weighted by atomic mass is 16.2. The van der Waals surface area contributed by atoms with Crippen LogP contribution in [-0.4, -0.2) is 59.4 Å². The third-order valence-electron chi connectivity index (χ3n) is 8.32. The van der Waals surface area contributed by atoms with Gasteiger partial charge in [-0.05, 0) is 36.3 Å². The first-order valence-corrected chi connectivity index (χ1v) is 12.2. The molecule has 2 bridgehead atoms. The Morgan fingerprint density at radius 1 is 0.818 bits per heavy atom. The van der Waals surface area contributed by atoms with Gasteiger partial charge in [-0.15, -0.1) is 0 Å². The second-order valence-corrected chi connectivity index (χ2v) is 10.1. The van der Waals surface area contributed by atoms with Crippen LogP contribution in [0, 0.1) is 23.7 Å². The number of hydrogen-bond donors (Lipinski definition) is 0. The fourth-order valence-electron chi connectivity index (χ4n) is 6.72. The molecule has 5 nitrogen and oxygen atoms in total. The van der Waals surface area contributed by atoms with Gasteiger partial charge in [0.05, 0.1) is 24.5 Å². The molecule has 3 fully saturated rings. The van der Waals surface area contributed by atoms with Crippen molar-refractivity contribution < 1.29 is 9.59 Å².